The van der Waals surface area contributed by atoms with E-state index in [1.165, 1.54) is 13.8 Å². The second-order valence-electron chi connectivity index (χ2n) is 5.17. The third-order valence-electron chi connectivity index (χ3n) is 2.97. The largest absolute Gasteiger partial charge is 0.463 e. The SMILES string of the molecule is CC(=O)N[C@H]1[C@H]2OC(C)(C)O[C@H]2O[C@@H]1COC(C)=O. The molecule has 2 aliphatic heterocycles. The molecule has 7 heteroatoms. The van der Waals surface area contributed by atoms with Crippen LogP contribution >= 0.6 is 0 Å². The van der Waals surface area contributed by atoms with E-state index >= 15 is 0 Å². The van der Waals surface area contributed by atoms with Gasteiger partial charge in [-0.25, -0.2) is 0 Å². The molecule has 19 heavy (non-hydrogen) atoms. The number of hydrogen-bond donors (Lipinski definition) is 1. The Hall–Kier alpha value is -1.18. The average molecular weight is 273 g/mol. The van der Waals surface area contributed by atoms with Crippen LogP contribution in [-0.2, 0) is 28.5 Å². The van der Waals surface area contributed by atoms with Gasteiger partial charge in [0.1, 0.15) is 18.8 Å². The number of ether oxygens (including phenoxy) is 4. The van der Waals surface area contributed by atoms with Crippen molar-refractivity contribution >= 4 is 11.9 Å². The minimum atomic E-state index is -0.752. The van der Waals surface area contributed by atoms with E-state index in [-0.39, 0.29) is 12.5 Å². The van der Waals surface area contributed by atoms with E-state index in [0.717, 1.165) is 0 Å². The Labute approximate surface area is 111 Å². The number of carbonyl (C=O) groups is 2. The van der Waals surface area contributed by atoms with Crippen LogP contribution in [0.3, 0.4) is 0 Å². The molecule has 0 aromatic carbocycles. The summed E-state index contributed by atoms with van der Waals surface area (Å²) in [6.45, 7) is 6.35. The Morgan fingerprint density at radius 1 is 1.26 bits per heavy atom. The van der Waals surface area contributed by atoms with Gasteiger partial charge in [-0.05, 0) is 13.8 Å². The second kappa shape index (κ2) is 5.07. The van der Waals surface area contributed by atoms with Gasteiger partial charge in [0.05, 0.1) is 6.04 Å². The molecule has 7 nitrogen and oxygen atoms in total. The summed E-state index contributed by atoms with van der Waals surface area (Å²) in [5.41, 5.74) is 0. The predicted octanol–water partition coefficient (Wildman–Crippen LogP) is -0.0694. The lowest BCUT2D eigenvalue weighted by molar-refractivity contribution is -0.212. The van der Waals surface area contributed by atoms with Crippen molar-refractivity contribution in [1.29, 1.82) is 0 Å². The van der Waals surface area contributed by atoms with Crippen molar-refractivity contribution in [3.05, 3.63) is 0 Å². The van der Waals surface area contributed by atoms with Crippen LogP contribution in [-0.4, -0.2) is 48.8 Å². The monoisotopic (exact) mass is 273 g/mol. The summed E-state index contributed by atoms with van der Waals surface area (Å²) < 4.78 is 21.9. The first-order valence-electron chi connectivity index (χ1n) is 6.20. The van der Waals surface area contributed by atoms with Gasteiger partial charge in [-0.15, -0.1) is 0 Å². The number of fused-ring (bicyclic) bond motifs is 1. The molecule has 2 saturated heterocycles. The first-order chi connectivity index (χ1) is 8.78. The number of amides is 1. The van der Waals surface area contributed by atoms with Gasteiger partial charge in [-0.2, -0.15) is 0 Å². The molecule has 1 N–H and O–H groups in total. The van der Waals surface area contributed by atoms with Crippen molar-refractivity contribution in [3.8, 4) is 0 Å². The van der Waals surface area contributed by atoms with Crippen molar-refractivity contribution in [2.24, 2.45) is 0 Å². The molecule has 2 aliphatic rings. The zero-order valence-electron chi connectivity index (χ0n) is 11.5. The highest BCUT2D eigenvalue weighted by atomic mass is 16.8. The average Bonchev–Trinajstić information content (AvgIpc) is 2.69. The summed E-state index contributed by atoms with van der Waals surface area (Å²) in [7, 11) is 0. The van der Waals surface area contributed by atoms with Crippen molar-refractivity contribution < 1.29 is 28.5 Å². The van der Waals surface area contributed by atoms with Gasteiger partial charge in [-0.3, -0.25) is 9.59 Å². The molecule has 2 rings (SSSR count). The summed E-state index contributed by atoms with van der Waals surface area (Å²) >= 11 is 0. The minimum absolute atomic E-state index is 0.0560. The maximum Gasteiger partial charge on any atom is 0.302 e. The molecule has 0 aromatic rings. The van der Waals surface area contributed by atoms with Gasteiger partial charge in [0, 0.05) is 13.8 Å². The van der Waals surface area contributed by atoms with Crippen LogP contribution in [0.4, 0.5) is 0 Å². The molecular formula is C12H19NO6. The molecule has 2 heterocycles. The molecule has 1 amide bonds. The highest BCUT2D eigenvalue weighted by Crippen LogP contribution is 2.37. The molecule has 108 valence electrons. The number of nitrogens with one attached hydrogen (secondary N) is 1. The Kier molecular flexibility index (Phi) is 3.80. The molecule has 0 spiro atoms. The van der Waals surface area contributed by atoms with E-state index in [0.29, 0.717) is 0 Å². The Balaban J connectivity index is 2.05. The Bertz CT molecular complexity index is 382. The summed E-state index contributed by atoms with van der Waals surface area (Å²) in [6.07, 6.45) is -1.44. The van der Waals surface area contributed by atoms with Crippen molar-refractivity contribution in [2.45, 2.75) is 58.0 Å². The van der Waals surface area contributed by atoms with Crippen molar-refractivity contribution in [2.75, 3.05) is 6.61 Å². The molecule has 0 aromatic heterocycles. The standard InChI is InChI=1S/C12H19NO6/c1-6(14)13-9-8(5-16-7(2)15)17-11-10(9)18-12(3,4)19-11/h8-11H,5H2,1-4H3,(H,13,14)/t8-,9-,10-,11-/m1/s1. The van der Waals surface area contributed by atoms with Gasteiger partial charge >= 0.3 is 5.97 Å². The zero-order chi connectivity index (χ0) is 14.2. The number of esters is 1. The zero-order valence-corrected chi connectivity index (χ0v) is 11.5. The van der Waals surface area contributed by atoms with E-state index in [1.807, 2.05) is 0 Å². The highest BCUT2D eigenvalue weighted by molar-refractivity contribution is 5.73. The van der Waals surface area contributed by atoms with Crippen LogP contribution < -0.4 is 5.32 Å². The summed E-state index contributed by atoms with van der Waals surface area (Å²) in [5.74, 6) is -1.35. The molecule has 0 radical (unpaired) electrons. The first-order valence-corrected chi connectivity index (χ1v) is 6.20. The third kappa shape index (κ3) is 3.23. The molecule has 0 bridgehead atoms. The molecule has 0 saturated carbocycles. The number of hydrogen-bond acceptors (Lipinski definition) is 6. The Morgan fingerprint density at radius 3 is 2.53 bits per heavy atom. The minimum Gasteiger partial charge on any atom is -0.463 e. The van der Waals surface area contributed by atoms with E-state index in [1.54, 1.807) is 13.8 Å². The van der Waals surface area contributed by atoms with Crippen LogP contribution in [0.5, 0.6) is 0 Å². The van der Waals surface area contributed by atoms with Gasteiger partial charge in [0.2, 0.25) is 5.91 Å². The molecule has 4 atom stereocenters. The maximum absolute atomic E-state index is 11.3. The molecule has 2 fully saturated rings. The fourth-order valence-electron chi connectivity index (χ4n) is 2.33. The smallest absolute Gasteiger partial charge is 0.302 e. The number of carbonyl (C=O) groups excluding carboxylic acids is 2. The summed E-state index contributed by atoms with van der Waals surface area (Å²) in [5, 5.41) is 2.76. The van der Waals surface area contributed by atoms with Crippen LogP contribution in [0.25, 0.3) is 0 Å². The second-order valence-corrected chi connectivity index (χ2v) is 5.17. The highest BCUT2D eigenvalue weighted by Gasteiger charge is 2.55. The lowest BCUT2D eigenvalue weighted by Gasteiger charge is -2.25. The van der Waals surface area contributed by atoms with Crippen molar-refractivity contribution in [3.63, 3.8) is 0 Å². The lowest BCUT2D eigenvalue weighted by atomic mass is 10.1. The topological polar surface area (TPSA) is 83.1 Å². The van der Waals surface area contributed by atoms with Gasteiger partial charge in [-0.1, -0.05) is 0 Å². The third-order valence-corrected chi connectivity index (χ3v) is 2.97. The van der Waals surface area contributed by atoms with Gasteiger partial charge in [0.15, 0.2) is 12.1 Å². The van der Waals surface area contributed by atoms with E-state index < -0.39 is 36.3 Å². The summed E-state index contributed by atoms with van der Waals surface area (Å²) in [4.78, 5) is 22.1. The first kappa shape index (κ1) is 14.2. The van der Waals surface area contributed by atoms with Gasteiger partial charge in [0.25, 0.3) is 0 Å². The van der Waals surface area contributed by atoms with Crippen molar-refractivity contribution in [1.82, 2.24) is 5.32 Å². The van der Waals surface area contributed by atoms with E-state index in [4.69, 9.17) is 18.9 Å². The van der Waals surface area contributed by atoms with E-state index in [2.05, 4.69) is 5.32 Å². The molecule has 0 unspecified atom stereocenters. The van der Waals surface area contributed by atoms with Gasteiger partial charge < -0.3 is 24.3 Å². The predicted molar refractivity (Wildman–Crippen MR) is 62.9 cm³/mol. The van der Waals surface area contributed by atoms with Crippen LogP contribution in [0.15, 0.2) is 0 Å². The van der Waals surface area contributed by atoms with E-state index in [9.17, 15) is 9.59 Å². The fourth-order valence-corrected chi connectivity index (χ4v) is 2.33. The molecule has 0 aliphatic carbocycles. The number of rotatable bonds is 3. The lowest BCUT2D eigenvalue weighted by Crippen LogP contribution is -2.49. The normalized spacial score (nSPS) is 35.8. The van der Waals surface area contributed by atoms with Crippen LogP contribution in [0, 0.1) is 0 Å². The fraction of sp³-hybridized carbons (Fsp3) is 0.833. The van der Waals surface area contributed by atoms with Crippen LogP contribution in [0.2, 0.25) is 0 Å². The summed E-state index contributed by atoms with van der Waals surface area (Å²) in [6, 6.07) is -0.399. The Morgan fingerprint density at radius 2 is 1.95 bits per heavy atom. The maximum atomic E-state index is 11.3. The van der Waals surface area contributed by atoms with Crippen LogP contribution in [0.1, 0.15) is 27.7 Å². The quantitative estimate of drug-likeness (QED) is 0.725. The molecular weight excluding hydrogens is 254 g/mol.